The second-order valence-corrected chi connectivity index (χ2v) is 8.74. The van der Waals surface area contributed by atoms with Gasteiger partial charge in [0.2, 0.25) is 0 Å². The lowest BCUT2D eigenvalue weighted by atomic mass is 9.92. The van der Waals surface area contributed by atoms with Crippen LogP contribution in [-0.2, 0) is 0 Å². The highest BCUT2D eigenvalue weighted by Crippen LogP contribution is 2.35. The van der Waals surface area contributed by atoms with Gasteiger partial charge in [0.25, 0.3) is 11.8 Å². The van der Waals surface area contributed by atoms with E-state index in [1.54, 1.807) is 23.1 Å². The van der Waals surface area contributed by atoms with E-state index in [1.807, 2.05) is 19.2 Å². The highest BCUT2D eigenvalue weighted by molar-refractivity contribution is 6.27. The van der Waals surface area contributed by atoms with Crippen LogP contribution in [0.2, 0.25) is 0 Å². The number of rotatable bonds is 12. The van der Waals surface area contributed by atoms with Gasteiger partial charge >= 0.3 is 0 Å². The number of likely N-dealkylation sites (N-methyl/N-ethyl adjacent to an activating group) is 1. The van der Waals surface area contributed by atoms with Crippen LogP contribution in [0.15, 0.2) is 43.1 Å². The van der Waals surface area contributed by atoms with Crippen LogP contribution < -0.4 is 4.90 Å². The van der Waals surface area contributed by atoms with Crippen molar-refractivity contribution < 1.29 is 9.59 Å². The van der Waals surface area contributed by atoms with E-state index < -0.39 is 0 Å². The lowest BCUT2D eigenvalue weighted by Crippen LogP contribution is -2.44. The van der Waals surface area contributed by atoms with Crippen molar-refractivity contribution in [1.82, 2.24) is 14.7 Å². The largest absolute Gasteiger partial charge is 0.308 e. The third-order valence-corrected chi connectivity index (χ3v) is 6.68. The Bertz CT molecular complexity index is 1020. The fourth-order valence-electron chi connectivity index (χ4n) is 4.28. The van der Waals surface area contributed by atoms with Gasteiger partial charge in [-0.3, -0.25) is 19.9 Å². The summed E-state index contributed by atoms with van der Waals surface area (Å²) in [4.78, 5) is 34.0. The normalized spacial score (nSPS) is 14.3. The predicted molar refractivity (Wildman–Crippen MR) is 135 cm³/mol. The zero-order valence-electron chi connectivity index (χ0n) is 20.2. The van der Waals surface area contributed by atoms with Gasteiger partial charge in [-0.1, -0.05) is 25.6 Å². The summed E-state index contributed by atoms with van der Waals surface area (Å²) in [6.07, 6.45) is 4.86. The van der Waals surface area contributed by atoms with Crippen molar-refractivity contribution in [2.75, 3.05) is 45.2 Å². The van der Waals surface area contributed by atoms with Crippen LogP contribution in [0.4, 0.5) is 5.69 Å². The van der Waals surface area contributed by atoms with Crippen LogP contribution in [0.3, 0.4) is 0 Å². The Hall–Kier alpha value is -3.03. The lowest BCUT2D eigenvalue weighted by molar-refractivity contribution is 0.0596. The average molecular weight is 450 g/mol. The molecule has 2 aromatic carbocycles. The van der Waals surface area contributed by atoms with Crippen molar-refractivity contribution in [1.29, 1.82) is 5.41 Å². The first-order valence-corrected chi connectivity index (χ1v) is 11.6. The lowest BCUT2D eigenvalue weighted by Gasteiger charge is -2.30. The molecular formula is C26H35N5O2. The first-order chi connectivity index (χ1) is 15.8. The maximum absolute atomic E-state index is 13.3. The molecule has 0 fully saturated rings. The molecule has 0 aliphatic carbocycles. The molecule has 1 N–H and O–H groups in total. The average Bonchev–Trinajstić information content (AvgIpc) is 2.82. The topological polar surface area (TPSA) is 71.0 Å². The first-order valence-electron chi connectivity index (χ1n) is 11.6. The molecule has 1 heterocycles. The summed E-state index contributed by atoms with van der Waals surface area (Å²) in [5.74, 6) is -0.527. The summed E-state index contributed by atoms with van der Waals surface area (Å²) in [6.45, 7) is 11.1. The molecule has 7 heteroatoms. The van der Waals surface area contributed by atoms with Gasteiger partial charge < -0.3 is 14.7 Å². The second kappa shape index (κ2) is 10.7. The molecule has 1 aliphatic heterocycles. The number of carbonyl (C=O) groups is 2. The molecule has 33 heavy (non-hydrogen) atoms. The van der Waals surface area contributed by atoms with Gasteiger partial charge in [0.15, 0.2) is 0 Å². The molecule has 1 atom stereocenters. The van der Waals surface area contributed by atoms with Crippen molar-refractivity contribution in [2.45, 2.75) is 32.7 Å². The molecule has 0 spiro atoms. The van der Waals surface area contributed by atoms with Crippen molar-refractivity contribution >= 4 is 34.6 Å². The van der Waals surface area contributed by atoms with Crippen LogP contribution >= 0.6 is 0 Å². The quantitative estimate of drug-likeness (QED) is 0.301. The predicted octanol–water partition coefficient (Wildman–Crippen LogP) is 4.04. The van der Waals surface area contributed by atoms with Gasteiger partial charge in [0.05, 0.1) is 12.0 Å². The molecule has 3 rings (SSSR count). The SMILES string of the molecule is C=CN(C=N)c1ccc2c3c(cccc13)C(=O)N(CCN(C)CCCN(C)C(C)CC)C2=O. The number of benzene rings is 2. The molecular weight excluding hydrogens is 414 g/mol. The summed E-state index contributed by atoms with van der Waals surface area (Å²) < 4.78 is 0. The molecule has 0 saturated carbocycles. The first kappa shape index (κ1) is 24.6. The fourth-order valence-corrected chi connectivity index (χ4v) is 4.28. The molecule has 7 nitrogen and oxygen atoms in total. The van der Waals surface area contributed by atoms with E-state index in [9.17, 15) is 9.59 Å². The summed E-state index contributed by atoms with van der Waals surface area (Å²) in [7, 11) is 4.18. The molecule has 1 aliphatic rings. The summed E-state index contributed by atoms with van der Waals surface area (Å²) >= 11 is 0. The van der Waals surface area contributed by atoms with Gasteiger partial charge in [-0.05, 0) is 65.1 Å². The van der Waals surface area contributed by atoms with Gasteiger partial charge in [-0.2, -0.15) is 0 Å². The Morgan fingerprint density at radius 2 is 1.76 bits per heavy atom. The van der Waals surface area contributed by atoms with Crippen LogP contribution in [0.25, 0.3) is 10.8 Å². The van der Waals surface area contributed by atoms with Crippen LogP contribution in [0, 0.1) is 5.41 Å². The van der Waals surface area contributed by atoms with E-state index in [1.165, 1.54) is 11.1 Å². The third kappa shape index (κ3) is 4.99. The van der Waals surface area contributed by atoms with E-state index in [2.05, 4.69) is 37.3 Å². The maximum atomic E-state index is 13.3. The zero-order valence-corrected chi connectivity index (χ0v) is 20.2. The minimum atomic E-state index is -0.264. The van der Waals surface area contributed by atoms with Crippen LogP contribution in [0.5, 0.6) is 0 Å². The summed E-state index contributed by atoms with van der Waals surface area (Å²) in [5.41, 5.74) is 1.77. The van der Waals surface area contributed by atoms with Crippen LogP contribution in [0.1, 0.15) is 47.4 Å². The number of carbonyl (C=O) groups excluding carboxylic acids is 2. The maximum Gasteiger partial charge on any atom is 0.261 e. The van der Waals surface area contributed by atoms with Crippen molar-refractivity contribution in [3.8, 4) is 0 Å². The Kier molecular flexibility index (Phi) is 8.00. The van der Waals surface area contributed by atoms with Crippen molar-refractivity contribution in [2.24, 2.45) is 0 Å². The van der Waals surface area contributed by atoms with Gasteiger partial charge in [-0.15, -0.1) is 0 Å². The number of nitrogens with one attached hydrogen (secondary N) is 1. The van der Waals surface area contributed by atoms with Crippen molar-refractivity contribution in [3.05, 3.63) is 54.2 Å². The molecule has 0 aromatic heterocycles. The third-order valence-electron chi connectivity index (χ3n) is 6.68. The monoisotopic (exact) mass is 449 g/mol. The number of hydrogen-bond acceptors (Lipinski definition) is 5. The number of hydrogen-bond donors (Lipinski definition) is 1. The number of amides is 2. The van der Waals surface area contributed by atoms with Gasteiger partial charge in [0.1, 0.15) is 0 Å². The van der Waals surface area contributed by atoms with E-state index in [-0.39, 0.29) is 11.8 Å². The van der Waals surface area contributed by atoms with Crippen LogP contribution in [-0.4, -0.2) is 79.2 Å². The second-order valence-electron chi connectivity index (χ2n) is 8.74. The van der Waals surface area contributed by atoms with E-state index >= 15 is 0 Å². The minimum absolute atomic E-state index is 0.264. The zero-order chi connectivity index (χ0) is 24.1. The highest BCUT2D eigenvalue weighted by Gasteiger charge is 2.33. The van der Waals surface area contributed by atoms with E-state index in [0.29, 0.717) is 35.6 Å². The highest BCUT2D eigenvalue weighted by atomic mass is 16.2. The summed E-state index contributed by atoms with van der Waals surface area (Å²) in [6, 6.07) is 9.59. The fraction of sp³-hybridized carbons (Fsp3) is 0.423. The Morgan fingerprint density at radius 1 is 1.06 bits per heavy atom. The smallest absolute Gasteiger partial charge is 0.261 e. The molecule has 2 aromatic rings. The minimum Gasteiger partial charge on any atom is -0.308 e. The van der Waals surface area contributed by atoms with Gasteiger partial charge in [0, 0.05) is 47.2 Å². The van der Waals surface area contributed by atoms with Crippen molar-refractivity contribution in [3.63, 3.8) is 0 Å². The Labute approximate surface area is 196 Å². The Morgan fingerprint density at radius 3 is 2.39 bits per heavy atom. The van der Waals surface area contributed by atoms with Gasteiger partial charge in [-0.25, -0.2) is 0 Å². The van der Waals surface area contributed by atoms with E-state index in [0.717, 1.165) is 43.3 Å². The molecule has 0 radical (unpaired) electrons. The van der Waals surface area contributed by atoms with E-state index in [4.69, 9.17) is 5.41 Å². The summed E-state index contributed by atoms with van der Waals surface area (Å²) in [5, 5.41) is 9.04. The molecule has 0 bridgehead atoms. The standard InChI is InChI=1S/C26H35N5O2/c1-6-19(3)29(5)15-9-14-28(4)16-17-31-25(32)21-11-8-10-20-23(30(7-2)18-27)13-12-22(24(20)21)26(31)33/h7-8,10-13,18-19,27H,2,6,9,14-17H2,1,3-5H3. The molecule has 1 unspecified atom stereocenters. The molecule has 0 saturated heterocycles. The number of imide groups is 1. The number of anilines is 1. The Balaban J connectivity index is 1.73. The number of nitrogens with zero attached hydrogens (tertiary/aromatic N) is 4. The molecule has 2 amide bonds. The molecule has 176 valence electrons.